The van der Waals surface area contributed by atoms with Crippen LogP contribution < -0.4 is 4.72 Å². The van der Waals surface area contributed by atoms with Crippen molar-refractivity contribution in [1.29, 1.82) is 0 Å². The van der Waals surface area contributed by atoms with Gasteiger partial charge in [0.1, 0.15) is 11.0 Å². The van der Waals surface area contributed by atoms with Crippen LogP contribution in [0.25, 0.3) is 0 Å². The largest absolute Gasteiger partial charge is 0.479 e. The zero-order valence-corrected chi connectivity index (χ0v) is 12.3. The molecule has 0 spiro atoms. The summed E-state index contributed by atoms with van der Waals surface area (Å²) < 4.78 is 19.8. The smallest absolute Gasteiger partial charge is 0.339 e. The van der Waals surface area contributed by atoms with E-state index in [1.807, 2.05) is 0 Å². The Morgan fingerprint density at radius 1 is 1.63 bits per heavy atom. The van der Waals surface area contributed by atoms with E-state index < -0.39 is 23.1 Å². The Morgan fingerprint density at radius 3 is 2.84 bits per heavy atom. The lowest BCUT2D eigenvalue weighted by atomic mass is 10.3. The Labute approximate surface area is 117 Å². The number of nitrogens with one attached hydrogen (secondary N) is 1. The fourth-order valence-electron chi connectivity index (χ4n) is 1.43. The third kappa shape index (κ3) is 3.99. The van der Waals surface area contributed by atoms with Gasteiger partial charge in [0.15, 0.2) is 11.2 Å². The summed E-state index contributed by atoms with van der Waals surface area (Å²) in [6, 6.07) is 0. The summed E-state index contributed by atoms with van der Waals surface area (Å²) in [6.07, 6.45) is 0.638. The first kappa shape index (κ1) is 14.4. The number of aliphatic carboxylic acids is 1. The number of carboxylic acids is 1. The van der Waals surface area contributed by atoms with Crippen molar-refractivity contribution in [2.45, 2.75) is 44.1 Å². The van der Waals surface area contributed by atoms with Crippen molar-refractivity contribution >= 4 is 33.4 Å². The van der Waals surface area contributed by atoms with Gasteiger partial charge in [-0.2, -0.15) is 0 Å². The van der Waals surface area contributed by atoms with Gasteiger partial charge in [-0.25, -0.2) is 14.0 Å². The van der Waals surface area contributed by atoms with E-state index >= 15 is 0 Å². The number of nitrogens with zero attached hydrogens (tertiary/aromatic N) is 1. The minimum Gasteiger partial charge on any atom is -0.479 e. The molecule has 2 atom stereocenters. The van der Waals surface area contributed by atoms with Crippen molar-refractivity contribution in [3.8, 4) is 0 Å². The maximum atomic E-state index is 11.7. The molecule has 1 heterocycles. The van der Waals surface area contributed by atoms with Crippen LogP contribution in [0.15, 0.2) is 5.38 Å². The predicted octanol–water partition coefficient (Wildman–Crippen LogP) is 1.93. The number of thiazole rings is 1. The molecule has 1 fully saturated rings. The average molecular weight is 304 g/mol. The van der Waals surface area contributed by atoms with Gasteiger partial charge in [0, 0.05) is 5.38 Å². The molecule has 6 nitrogen and oxygen atoms in total. The zero-order valence-electron chi connectivity index (χ0n) is 10.7. The second kappa shape index (κ2) is 5.98. The molecular weight excluding hydrogens is 288 g/mol. The third-order valence-corrected chi connectivity index (χ3v) is 4.81. The van der Waals surface area contributed by atoms with Crippen LogP contribution in [0.3, 0.4) is 0 Å². The van der Waals surface area contributed by atoms with Crippen LogP contribution in [0.4, 0.5) is 5.13 Å². The van der Waals surface area contributed by atoms with Gasteiger partial charge < -0.3 is 9.84 Å². The van der Waals surface area contributed by atoms with Gasteiger partial charge in [-0.3, -0.25) is 4.72 Å². The van der Waals surface area contributed by atoms with Gasteiger partial charge in [-0.15, -0.1) is 11.3 Å². The molecule has 1 aromatic rings. The molecule has 19 heavy (non-hydrogen) atoms. The molecule has 1 saturated carbocycles. The molecule has 0 saturated heterocycles. The minimum absolute atomic E-state index is 0.203. The van der Waals surface area contributed by atoms with Crippen LogP contribution >= 0.6 is 11.3 Å². The van der Waals surface area contributed by atoms with Crippen molar-refractivity contribution in [3.05, 3.63) is 11.1 Å². The Balaban J connectivity index is 2.04. The van der Waals surface area contributed by atoms with Crippen molar-refractivity contribution in [3.63, 3.8) is 0 Å². The van der Waals surface area contributed by atoms with Crippen LogP contribution in [0.2, 0.25) is 0 Å². The molecule has 1 aliphatic rings. The van der Waals surface area contributed by atoms with E-state index in [9.17, 15) is 9.00 Å². The molecule has 1 aliphatic carbocycles. The summed E-state index contributed by atoms with van der Waals surface area (Å²) in [5, 5.41) is 11.4. The van der Waals surface area contributed by atoms with Gasteiger partial charge >= 0.3 is 5.97 Å². The quantitative estimate of drug-likeness (QED) is 0.803. The van der Waals surface area contributed by atoms with E-state index in [4.69, 9.17) is 9.84 Å². The van der Waals surface area contributed by atoms with Gasteiger partial charge in [0.25, 0.3) is 0 Å². The van der Waals surface area contributed by atoms with Crippen LogP contribution in [0.1, 0.15) is 38.5 Å². The summed E-state index contributed by atoms with van der Waals surface area (Å²) in [5.41, 5.74) is 0.335. The summed E-state index contributed by atoms with van der Waals surface area (Å²) in [5.74, 6) is -1.08. The molecule has 0 bridgehead atoms. The molecule has 0 aliphatic heterocycles. The van der Waals surface area contributed by atoms with Crippen LogP contribution in [0, 0.1) is 0 Å². The third-order valence-electron chi connectivity index (χ3n) is 2.44. The summed E-state index contributed by atoms with van der Waals surface area (Å²) in [6.45, 7) is 3.53. The molecule has 0 aromatic carbocycles. The first-order valence-corrected chi connectivity index (χ1v) is 8.07. The van der Waals surface area contributed by atoms with E-state index in [1.165, 1.54) is 11.3 Å². The maximum absolute atomic E-state index is 11.7. The highest BCUT2D eigenvalue weighted by molar-refractivity contribution is 7.87. The zero-order chi connectivity index (χ0) is 14.0. The summed E-state index contributed by atoms with van der Waals surface area (Å²) in [4.78, 5) is 15.3. The highest BCUT2D eigenvalue weighted by Crippen LogP contribution is 2.29. The summed E-state index contributed by atoms with van der Waals surface area (Å²) in [7, 11) is -1.12. The van der Waals surface area contributed by atoms with Gasteiger partial charge in [0.2, 0.25) is 0 Å². The van der Waals surface area contributed by atoms with Crippen LogP contribution in [-0.4, -0.2) is 31.6 Å². The van der Waals surface area contributed by atoms with Crippen molar-refractivity contribution in [2.75, 3.05) is 4.72 Å². The highest BCUT2D eigenvalue weighted by Gasteiger charge is 2.30. The second-order valence-electron chi connectivity index (χ2n) is 4.58. The Hall–Kier alpha value is -0.990. The molecule has 106 valence electrons. The number of hydrogen-bond acceptors (Lipinski definition) is 5. The fraction of sp³-hybridized carbons (Fsp3) is 0.636. The number of hydrogen-bond donors (Lipinski definition) is 2. The fourth-order valence-corrected chi connectivity index (χ4v) is 3.39. The number of ether oxygens (including phenoxy) is 1. The first-order valence-electron chi connectivity index (χ1n) is 5.98. The Kier molecular flexibility index (Phi) is 4.54. The number of aromatic nitrogens is 1. The summed E-state index contributed by atoms with van der Waals surface area (Å²) >= 11 is 1.24. The van der Waals surface area contributed by atoms with E-state index in [0.29, 0.717) is 10.8 Å². The van der Waals surface area contributed by atoms with E-state index in [0.717, 1.165) is 12.8 Å². The molecule has 2 N–H and O–H groups in total. The first-order chi connectivity index (χ1) is 8.97. The molecule has 2 rings (SSSR count). The van der Waals surface area contributed by atoms with Gasteiger partial charge in [-0.1, -0.05) is 0 Å². The SMILES string of the molecule is CC(C)OC(C(=O)O)c1csc(NS(=O)C2CC2)n1. The lowest BCUT2D eigenvalue weighted by Crippen LogP contribution is -2.19. The highest BCUT2D eigenvalue weighted by atomic mass is 32.2. The topological polar surface area (TPSA) is 88.5 Å². The Bertz CT molecular complexity index is 485. The maximum Gasteiger partial charge on any atom is 0.339 e. The minimum atomic E-state index is -1.12. The molecule has 8 heteroatoms. The molecule has 2 unspecified atom stereocenters. The van der Waals surface area contributed by atoms with Crippen molar-refractivity contribution < 1.29 is 18.8 Å². The number of anilines is 1. The average Bonchev–Trinajstić information content (AvgIpc) is 3.07. The van der Waals surface area contributed by atoms with E-state index in [2.05, 4.69) is 9.71 Å². The lowest BCUT2D eigenvalue weighted by molar-refractivity contribution is -0.154. The van der Waals surface area contributed by atoms with Gasteiger partial charge in [0.05, 0.1) is 17.0 Å². The number of carboxylic acid groups (broad SMARTS) is 1. The predicted molar refractivity (Wildman–Crippen MR) is 73.5 cm³/mol. The molecule has 0 amide bonds. The second-order valence-corrected chi connectivity index (χ2v) is 6.90. The van der Waals surface area contributed by atoms with E-state index in [-0.39, 0.29) is 11.4 Å². The molecule has 0 radical (unpaired) electrons. The van der Waals surface area contributed by atoms with Crippen LogP contribution in [0.5, 0.6) is 0 Å². The molecule has 1 aromatic heterocycles. The number of carbonyl (C=O) groups is 1. The standard InChI is InChI=1S/C11H16N2O4S2/c1-6(2)17-9(10(14)15)8-5-18-11(12-8)13-19(16)7-3-4-7/h5-7,9H,3-4H2,1-2H3,(H,12,13)(H,14,15). The normalized spacial score (nSPS) is 18.3. The Morgan fingerprint density at radius 2 is 2.32 bits per heavy atom. The number of rotatable bonds is 7. The monoisotopic (exact) mass is 304 g/mol. The van der Waals surface area contributed by atoms with Crippen molar-refractivity contribution in [1.82, 2.24) is 4.98 Å². The molecular formula is C11H16N2O4S2. The van der Waals surface area contributed by atoms with Crippen molar-refractivity contribution in [2.24, 2.45) is 0 Å². The van der Waals surface area contributed by atoms with Gasteiger partial charge in [-0.05, 0) is 26.7 Å². The van der Waals surface area contributed by atoms with E-state index in [1.54, 1.807) is 19.2 Å². The van der Waals surface area contributed by atoms with Crippen LogP contribution in [-0.2, 0) is 20.5 Å². The lowest BCUT2D eigenvalue weighted by Gasteiger charge is -2.14.